The second kappa shape index (κ2) is 12.5. The number of carbonyl (C=O) groups is 1. The van der Waals surface area contributed by atoms with Gasteiger partial charge in [0, 0.05) is 5.69 Å². The van der Waals surface area contributed by atoms with Gasteiger partial charge in [-0.25, -0.2) is 4.98 Å². The first-order valence-corrected chi connectivity index (χ1v) is 12.0. The highest BCUT2D eigenvalue weighted by Gasteiger charge is 2.13. The molecule has 0 unspecified atom stereocenters. The van der Waals surface area contributed by atoms with E-state index in [4.69, 9.17) is 37.4 Å². The van der Waals surface area contributed by atoms with Gasteiger partial charge in [-0.2, -0.15) is 0 Å². The Hall–Kier alpha value is -3.75. The minimum atomic E-state index is -0.234. The second-order valence-electron chi connectivity index (χ2n) is 7.78. The summed E-state index contributed by atoms with van der Waals surface area (Å²) in [4.78, 5) is 27.6. The van der Waals surface area contributed by atoms with E-state index >= 15 is 0 Å². The van der Waals surface area contributed by atoms with Gasteiger partial charge in [-0.05, 0) is 67.4 Å². The van der Waals surface area contributed by atoms with E-state index < -0.39 is 0 Å². The van der Waals surface area contributed by atoms with Crippen molar-refractivity contribution < 1.29 is 19.0 Å². The SMILES string of the molecule is CCc1cc(OC)c(OC)c(OC)c1.Cc1nc2cc(Cl)c(Cl)cc2c(=O)n1-c1ccc(NC=O)cc1. The highest BCUT2D eigenvalue weighted by atomic mass is 35.5. The number of ether oxygens (including phenoxy) is 3. The lowest BCUT2D eigenvalue weighted by Crippen LogP contribution is -2.22. The van der Waals surface area contributed by atoms with Gasteiger partial charge < -0.3 is 19.5 Å². The Kier molecular flexibility index (Phi) is 9.38. The number of hydrogen-bond donors (Lipinski definition) is 1. The van der Waals surface area contributed by atoms with Crippen LogP contribution in [0.15, 0.2) is 53.3 Å². The molecule has 1 heterocycles. The maximum atomic E-state index is 12.8. The van der Waals surface area contributed by atoms with E-state index in [0.29, 0.717) is 61.8 Å². The van der Waals surface area contributed by atoms with Gasteiger partial charge in [0.05, 0.1) is 48.0 Å². The number of carbonyl (C=O) groups excluding carboxylic acids is 1. The molecule has 1 amide bonds. The van der Waals surface area contributed by atoms with Crippen LogP contribution in [0, 0.1) is 6.92 Å². The number of anilines is 1. The van der Waals surface area contributed by atoms with E-state index in [-0.39, 0.29) is 5.56 Å². The molecule has 4 aromatic rings. The highest BCUT2D eigenvalue weighted by molar-refractivity contribution is 6.42. The van der Waals surface area contributed by atoms with Crippen molar-refractivity contribution in [2.45, 2.75) is 20.3 Å². The number of halogens is 2. The second-order valence-corrected chi connectivity index (χ2v) is 8.59. The molecular formula is C27H27Cl2N3O5. The Morgan fingerprint density at radius 2 is 1.54 bits per heavy atom. The number of aryl methyl sites for hydroxylation is 2. The third kappa shape index (κ3) is 6.15. The normalized spacial score (nSPS) is 10.4. The van der Waals surface area contributed by atoms with Gasteiger partial charge >= 0.3 is 0 Å². The van der Waals surface area contributed by atoms with E-state index in [1.807, 2.05) is 12.1 Å². The zero-order valence-corrected chi connectivity index (χ0v) is 22.6. The molecule has 1 N–H and O–H groups in total. The lowest BCUT2D eigenvalue weighted by atomic mass is 10.1. The van der Waals surface area contributed by atoms with Crippen LogP contribution < -0.4 is 25.1 Å². The van der Waals surface area contributed by atoms with Gasteiger partial charge in [-0.15, -0.1) is 0 Å². The number of benzene rings is 3. The molecule has 4 rings (SSSR count). The third-order valence-electron chi connectivity index (χ3n) is 5.56. The fourth-order valence-electron chi connectivity index (χ4n) is 3.71. The van der Waals surface area contributed by atoms with Crippen molar-refractivity contribution >= 4 is 46.2 Å². The molecule has 194 valence electrons. The van der Waals surface area contributed by atoms with Gasteiger partial charge in [0.1, 0.15) is 5.82 Å². The molecule has 0 spiro atoms. The van der Waals surface area contributed by atoms with Crippen LogP contribution in [0.25, 0.3) is 16.6 Å². The molecule has 37 heavy (non-hydrogen) atoms. The van der Waals surface area contributed by atoms with E-state index in [9.17, 15) is 9.59 Å². The Labute approximate surface area is 224 Å². The van der Waals surface area contributed by atoms with Crippen LogP contribution in [0.4, 0.5) is 5.69 Å². The van der Waals surface area contributed by atoms with Crippen LogP contribution in [-0.4, -0.2) is 37.3 Å². The Morgan fingerprint density at radius 3 is 2.05 bits per heavy atom. The summed E-state index contributed by atoms with van der Waals surface area (Å²) in [5, 5.41) is 3.59. The third-order valence-corrected chi connectivity index (χ3v) is 6.28. The molecule has 0 atom stereocenters. The molecule has 0 bridgehead atoms. The molecule has 0 fully saturated rings. The number of methoxy groups -OCH3 is 3. The zero-order valence-electron chi connectivity index (χ0n) is 21.1. The minimum Gasteiger partial charge on any atom is -0.493 e. The summed E-state index contributed by atoms with van der Waals surface area (Å²) in [6.07, 6.45) is 1.53. The Bertz CT molecular complexity index is 1450. The van der Waals surface area contributed by atoms with Crippen molar-refractivity contribution in [3.8, 4) is 22.9 Å². The number of amides is 1. The molecule has 0 radical (unpaired) electrons. The number of aromatic nitrogens is 2. The standard InChI is InChI=1S/C16H11Cl2N3O2.C11H16O3/c1-9-20-15-7-14(18)13(17)6-12(15)16(23)21(9)11-4-2-10(3-5-11)19-8-22;1-5-8-6-9(12-2)11(14-4)10(7-8)13-3/h2-8H,1H3,(H,19,22);6-7H,5H2,1-4H3. The van der Waals surface area contributed by atoms with Crippen LogP contribution in [0.3, 0.4) is 0 Å². The molecule has 0 aliphatic heterocycles. The zero-order chi connectivity index (χ0) is 27.1. The predicted octanol–water partition coefficient (Wildman–Crippen LogP) is 5.84. The number of nitrogens with zero attached hydrogens (tertiary/aromatic N) is 2. The fourth-order valence-corrected chi connectivity index (χ4v) is 4.03. The van der Waals surface area contributed by atoms with Crippen LogP contribution in [0.5, 0.6) is 17.2 Å². The first-order valence-electron chi connectivity index (χ1n) is 11.3. The van der Waals surface area contributed by atoms with E-state index in [2.05, 4.69) is 17.2 Å². The van der Waals surface area contributed by atoms with Crippen molar-refractivity contribution in [2.75, 3.05) is 26.6 Å². The van der Waals surface area contributed by atoms with Crippen LogP contribution in [0.1, 0.15) is 18.3 Å². The summed E-state index contributed by atoms with van der Waals surface area (Å²) in [5.41, 5.74) is 2.71. The van der Waals surface area contributed by atoms with Gasteiger partial charge in [0.15, 0.2) is 11.5 Å². The largest absolute Gasteiger partial charge is 0.493 e. The quantitative estimate of drug-likeness (QED) is 0.294. The monoisotopic (exact) mass is 543 g/mol. The number of rotatable bonds is 7. The van der Waals surface area contributed by atoms with Crippen molar-refractivity contribution in [1.82, 2.24) is 9.55 Å². The van der Waals surface area contributed by atoms with Gasteiger partial charge in [0.2, 0.25) is 12.2 Å². The lowest BCUT2D eigenvalue weighted by molar-refractivity contribution is -0.105. The number of nitrogens with one attached hydrogen (secondary N) is 1. The molecule has 3 aromatic carbocycles. The molecule has 0 aliphatic rings. The van der Waals surface area contributed by atoms with E-state index in [1.54, 1.807) is 58.6 Å². The lowest BCUT2D eigenvalue weighted by Gasteiger charge is -2.13. The van der Waals surface area contributed by atoms with Crippen molar-refractivity contribution in [3.05, 3.63) is 80.3 Å². The molecule has 10 heteroatoms. The van der Waals surface area contributed by atoms with Gasteiger partial charge in [-0.1, -0.05) is 30.1 Å². The van der Waals surface area contributed by atoms with Gasteiger partial charge in [-0.3, -0.25) is 14.2 Å². The Morgan fingerprint density at radius 1 is 0.946 bits per heavy atom. The first kappa shape index (κ1) is 27.8. The average Bonchev–Trinajstić information content (AvgIpc) is 2.90. The maximum absolute atomic E-state index is 12.8. The average molecular weight is 544 g/mol. The molecular weight excluding hydrogens is 517 g/mol. The van der Waals surface area contributed by atoms with Crippen molar-refractivity contribution in [1.29, 1.82) is 0 Å². The first-order chi connectivity index (χ1) is 17.8. The van der Waals surface area contributed by atoms with Crippen molar-refractivity contribution in [2.24, 2.45) is 0 Å². The summed E-state index contributed by atoms with van der Waals surface area (Å²) >= 11 is 12.0. The molecule has 8 nitrogen and oxygen atoms in total. The maximum Gasteiger partial charge on any atom is 0.266 e. The summed E-state index contributed by atoms with van der Waals surface area (Å²) < 4.78 is 17.1. The van der Waals surface area contributed by atoms with Gasteiger partial charge in [0.25, 0.3) is 5.56 Å². The summed E-state index contributed by atoms with van der Waals surface area (Å²) in [6.45, 7) is 3.82. The highest BCUT2D eigenvalue weighted by Crippen LogP contribution is 2.38. The van der Waals surface area contributed by atoms with E-state index in [0.717, 1.165) is 6.42 Å². The fraction of sp³-hybridized carbons (Fsp3) is 0.222. The summed E-state index contributed by atoms with van der Waals surface area (Å²) in [6, 6.07) is 13.9. The van der Waals surface area contributed by atoms with E-state index in [1.165, 1.54) is 16.2 Å². The van der Waals surface area contributed by atoms with Crippen molar-refractivity contribution in [3.63, 3.8) is 0 Å². The predicted molar refractivity (Wildman–Crippen MR) is 147 cm³/mol. The molecule has 0 aliphatic carbocycles. The Balaban J connectivity index is 0.000000233. The molecule has 0 saturated heterocycles. The summed E-state index contributed by atoms with van der Waals surface area (Å²) in [5.74, 6) is 2.59. The number of fused-ring (bicyclic) bond motifs is 1. The smallest absolute Gasteiger partial charge is 0.266 e. The van der Waals surface area contributed by atoms with Crippen LogP contribution >= 0.6 is 23.2 Å². The van der Waals surface area contributed by atoms with Crippen LogP contribution in [-0.2, 0) is 11.2 Å². The molecule has 0 saturated carbocycles. The van der Waals surface area contributed by atoms with Crippen LogP contribution in [0.2, 0.25) is 10.0 Å². The summed E-state index contributed by atoms with van der Waals surface area (Å²) in [7, 11) is 4.85. The topological polar surface area (TPSA) is 91.7 Å². The molecule has 1 aromatic heterocycles. The number of hydrogen-bond acceptors (Lipinski definition) is 6. The minimum absolute atomic E-state index is 0.234.